The highest BCUT2D eigenvalue weighted by Gasteiger charge is 2.14. The van der Waals surface area contributed by atoms with Crippen LogP contribution in [0.15, 0.2) is 15.8 Å². The molecule has 13 heavy (non-hydrogen) atoms. The summed E-state index contributed by atoms with van der Waals surface area (Å²) in [6, 6.07) is 0. The maximum absolute atomic E-state index is 7.79. The summed E-state index contributed by atoms with van der Waals surface area (Å²) in [7, 11) is -2.34. The molecular formula is N9O3P. The standard InChI is InChI=1S/N9O3P/c1-4-7-10-13(11-8-5-2)12-9-6-3. The van der Waals surface area contributed by atoms with Crippen LogP contribution in [0.3, 0.4) is 0 Å². The van der Waals surface area contributed by atoms with Gasteiger partial charge in [-0.1, -0.05) is 0 Å². The van der Waals surface area contributed by atoms with Gasteiger partial charge in [0.05, 0.1) is 0 Å². The van der Waals surface area contributed by atoms with Gasteiger partial charge >= 0.3 is 8.60 Å². The third-order valence-corrected chi connectivity index (χ3v) is 1.04. The highest BCUT2D eigenvalue weighted by atomic mass is 31.2. The summed E-state index contributed by atoms with van der Waals surface area (Å²) in [6.07, 6.45) is 0. The first kappa shape index (κ1) is 10.8. The molecule has 0 aliphatic heterocycles. The third kappa shape index (κ3) is 6.17. The lowest BCUT2D eigenvalue weighted by Crippen LogP contribution is -1.79. The highest BCUT2D eigenvalue weighted by molar-refractivity contribution is 7.41. The fraction of sp³-hybridized carbons (Fsp3) is 0. The Bertz CT molecular complexity index is 232. The third-order valence-electron chi connectivity index (χ3n) is 0.419. The van der Waals surface area contributed by atoms with E-state index < -0.39 is 8.60 Å². The molecule has 0 aromatic heterocycles. The molecule has 0 bridgehead atoms. The van der Waals surface area contributed by atoms with Crippen LogP contribution < -0.4 is 0 Å². The van der Waals surface area contributed by atoms with Gasteiger partial charge < -0.3 is 13.9 Å². The van der Waals surface area contributed by atoms with Crippen LogP contribution in [-0.2, 0) is 13.9 Å². The zero-order valence-electron chi connectivity index (χ0n) is 5.70. The van der Waals surface area contributed by atoms with Gasteiger partial charge in [-0.25, -0.2) is 0 Å². The van der Waals surface area contributed by atoms with Gasteiger partial charge in [-0.2, -0.15) is 0 Å². The summed E-state index contributed by atoms with van der Waals surface area (Å²) in [5.41, 5.74) is 23.4. The maximum Gasteiger partial charge on any atom is 0.549 e. The van der Waals surface area contributed by atoms with E-state index in [-0.39, 0.29) is 0 Å². The Morgan fingerprint density at radius 3 is 1.31 bits per heavy atom. The predicted octanol–water partition coefficient (Wildman–Crippen LogP) is 2.94. The van der Waals surface area contributed by atoms with E-state index in [1.54, 1.807) is 0 Å². The van der Waals surface area contributed by atoms with E-state index in [1.165, 1.54) is 0 Å². The molecule has 0 unspecified atom stereocenters. The van der Waals surface area contributed by atoms with Crippen LogP contribution in [0.1, 0.15) is 0 Å². The zero-order valence-corrected chi connectivity index (χ0v) is 6.59. The molecule has 0 radical (unpaired) electrons. The van der Waals surface area contributed by atoms with E-state index in [0.717, 1.165) is 0 Å². The van der Waals surface area contributed by atoms with E-state index in [4.69, 9.17) is 16.6 Å². The minimum absolute atomic E-state index is 2.18. The van der Waals surface area contributed by atoms with Gasteiger partial charge in [0.2, 0.25) is 0 Å². The first-order chi connectivity index (χ1) is 6.35. The van der Waals surface area contributed by atoms with Gasteiger partial charge in [-0.05, 0) is 16.6 Å². The summed E-state index contributed by atoms with van der Waals surface area (Å²) in [5, 5.41) is 7.71. The molecule has 0 saturated carbocycles. The van der Waals surface area contributed by atoms with Gasteiger partial charge in [-0.15, -0.1) is 0 Å². The molecule has 12 nitrogen and oxygen atoms in total. The second kappa shape index (κ2) is 7.86. The molecule has 68 valence electrons. The van der Waals surface area contributed by atoms with Crippen molar-refractivity contribution in [1.29, 1.82) is 0 Å². The maximum atomic E-state index is 7.79. The van der Waals surface area contributed by atoms with Gasteiger partial charge in [0.25, 0.3) is 0 Å². The molecule has 0 heterocycles. The molecule has 0 rings (SSSR count). The van der Waals surface area contributed by atoms with Crippen LogP contribution in [0.4, 0.5) is 0 Å². The predicted molar refractivity (Wildman–Crippen MR) is 37.6 cm³/mol. The summed E-state index contributed by atoms with van der Waals surface area (Å²) < 4.78 is 12.3. The van der Waals surface area contributed by atoms with Gasteiger partial charge in [-0.3, -0.25) is 0 Å². The van der Waals surface area contributed by atoms with Crippen molar-refractivity contribution in [3.05, 3.63) is 31.3 Å². The first-order valence-electron chi connectivity index (χ1n) is 2.30. The first-order valence-corrected chi connectivity index (χ1v) is 3.39. The number of rotatable bonds is 6. The van der Waals surface area contributed by atoms with Crippen LogP contribution in [-0.4, -0.2) is 0 Å². The lowest BCUT2D eigenvalue weighted by atomic mass is 12.9. The number of azide groups is 3. The molecule has 13 heteroatoms. The van der Waals surface area contributed by atoms with Crippen molar-refractivity contribution in [2.45, 2.75) is 0 Å². The van der Waals surface area contributed by atoms with Crippen LogP contribution in [0.2, 0.25) is 0 Å². The van der Waals surface area contributed by atoms with Crippen molar-refractivity contribution in [2.75, 3.05) is 0 Å². The summed E-state index contributed by atoms with van der Waals surface area (Å²) in [5.74, 6) is 0. The Morgan fingerprint density at radius 1 is 0.769 bits per heavy atom. The second-order valence-electron chi connectivity index (χ2n) is 0.982. The van der Waals surface area contributed by atoms with E-state index in [0.29, 0.717) is 0 Å². The average Bonchev–Trinajstić information content (AvgIpc) is 2.17. The minimum atomic E-state index is -2.34. The monoisotopic (exact) mass is 205 g/mol. The lowest BCUT2D eigenvalue weighted by Gasteiger charge is -2.03. The molecule has 0 aromatic carbocycles. The number of hydrogen-bond donors (Lipinski definition) is 0. The van der Waals surface area contributed by atoms with E-state index in [9.17, 15) is 0 Å². The Hall–Kier alpha value is -2.24. The molecule has 0 N–H and O–H groups in total. The van der Waals surface area contributed by atoms with E-state index >= 15 is 0 Å². The quantitative estimate of drug-likeness (QED) is 0.213. The molecule has 0 amide bonds. The fourth-order valence-electron chi connectivity index (χ4n) is 0.183. The van der Waals surface area contributed by atoms with Crippen LogP contribution >= 0.6 is 8.60 Å². The van der Waals surface area contributed by atoms with Crippen molar-refractivity contribution >= 4 is 8.60 Å². The van der Waals surface area contributed by atoms with Crippen molar-refractivity contribution in [1.82, 2.24) is 0 Å². The van der Waals surface area contributed by atoms with Gasteiger partial charge in [0, 0.05) is 14.7 Å². The Morgan fingerprint density at radius 2 is 1.08 bits per heavy atom. The highest BCUT2D eigenvalue weighted by Crippen LogP contribution is 2.40. The molecular weight excluding hydrogens is 205 g/mol. The smallest absolute Gasteiger partial charge is 0.340 e. The summed E-state index contributed by atoms with van der Waals surface area (Å²) >= 11 is 0. The van der Waals surface area contributed by atoms with Gasteiger partial charge in [0.1, 0.15) is 15.8 Å². The lowest BCUT2D eigenvalue weighted by molar-refractivity contribution is 0.165. The summed E-state index contributed by atoms with van der Waals surface area (Å²) in [4.78, 5) is 6.54. The van der Waals surface area contributed by atoms with Crippen molar-refractivity contribution < 1.29 is 13.9 Å². The number of hydrogen-bond acceptors (Lipinski definition) is 6. The van der Waals surface area contributed by atoms with Crippen molar-refractivity contribution in [3.8, 4) is 0 Å². The molecule has 0 aliphatic carbocycles. The normalized spacial score (nSPS) is 9.23. The molecule has 0 aromatic rings. The Balaban J connectivity index is 4.07. The molecule has 0 spiro atoms. The van der Waals surface area contributed by atoms with Crippen molar-refractivity contribution in [2.24, 2.45) is 15.8 Å². The Kier molecular flexibility index (Phi) is 6.51. The molecule has 0 aliphatic rings. The van der Waals surface area contributed by atoms with Gasteiger partial charge in [0.15, 0.2) is 0 Å². The molecule has 0 atom stereocenters. The zero-order chi connectivity index (χ0) is 9.94. The average molecular weight is 205 g/mol. The molecule has 0 saturated heterocycles. The van der Waals surface area contributed by atoms with Crippen LogP contribution in [0.5, 0.6) is 0 Å². The van der Waals surface area contributed by atoms with Crippen LogP contribution in [0, 0.1) is 0 Å². The van der Waals surface area contributed by atoms with Crippen LogP contribution in [0.25, 0.3) is 31.3 Å². The second-order valence-corrected chi connectivity index (χ2v) is 1.92. The summed E-state index contributed by atoms with van der Waals surface area (Å²) in [6.45, 7) is 0. The largest absolute Gasteiger partial charge is 0.549 e. The number of nitrogens with zero attached hydrogens (tertiary/aromatic N) is 9. The van der Waals surface area contributed by atoms with E-state index in [2.05, 4.69) is 44.4 Å². The Labute approximate surface area is 70.7 Å². The topological polar surface area (TPSA) is 174 Å². The molecule has 0 fully saturated rings. The SMILES string of the molecule is [N-]=[N+]=NOP(ON=[N+]=[N-])ON=[N+]=[N-]. The van der Waals surface area contributed by atoms with Crippen molar-refractivity contribution in [3.63, 3.8) is 0 Å². The minimum Gasteiger partial charge on any atom is -0.340 e. The fourth-order valence-corrected chi connectivity index (χ4v) is 0.549. The van der Waals surface area contributed by atoms with E-state index in [1.807, 2.05) is 0 Å².